The van der Waals surface area contributed by atoms with Gasteiger partial charge in [0, 0.05) is 16.8 Å². The van der Waals surface area contributed by atoms with Gasteiger partial charge >= 0.3 is 6.18 Å². The number of aromatic nitrogens is 3. The smallest absolute Gasteiger partial charge is 0.346 e. The summed E-state index contributed by atoms with van der Waals surface area (Å²) in [6.07, 6.45) is -1.70. The van der Waals surface area contributed by atoms with Gasteiger partial charge in [0.15, 0.2) is 5.69 Å². The minimum absolute atomic E-state index is 0.233. The molecule has 1 amide bonds. The van der Waals surface area contributed by atoms with Crippen molar-refractivity contribution in [2.24, 2.45) is 0 Å². The molecule has 0 bridgehead atoms. The van der Waals surface area contributed by atoms with Crippen molar-refractivity contribution >= 4 is 17.2 Å². The van der Waals surface area contributed by atoms with Crippen LogP contribution in [0.4, 0.5) is 13.2 Å². The molecule has 37 heavy (non-hydrogen) atoms. The summed E-state index contributed by atoms with van der Waals surface area (Å²) in [5, 5.41) is 7.83. The third-order valence-electron chi connectivity index (χ3n) is 6.56. The van der Waals surface area contributed by atoms with Gasteiger partial charge in [-0.15, -0.1) is 11.3 Å². The van der Waals surface area contributed by atoms with E-state index in [0.29, 0.717) is 31.4 Å². The molecule has 192 valence electrons. The van der Waals surface area contributed by atoms with E-state index in [0.717, 1.165) is 33.1 Å². The molecule has 1 aliphatic carbocycles. The van der Waals surface area contributed by atoms with E-state index < -0.39 is 17.9 Å². The molecular formula is C28H27F3N4OS. The lowest BCUT2D eigenvalue weighted by atomic mass is 9.95. The molecule has 2 aromatic carbocycles. The summed E-state index contributed by atoms with van der Waals surface area (Å²) >= 11 is 1.52. The van der Waals surface area contributed by atoms with Crippen molar-refractivity contribution in [3.63, 3.8) is 0 Å². The third kappa shape index (κ3) is 5.61. The predicted octanol–water partition coefficient (Wildman–Crippen LogP) is 6.31. The molecule has 0 saturated carbocycles. The number of hydrogen-bond donors (Lipinski definition) is 1. The molecule has 2 heterocycles. The lowest BCUT2D eigenvalue weighted by Gasteiger charge is -2.20. The van der Waals surface area contributed by atoms with E-state index in [4.69, 9.17) is 4.98 Å². The number of benzene rings is 2. The van der Waals surface area contributed by atoms with Crippen LogP contribution in [-0.2, 0) is 36.8 Å². The van der Waals surface area contributed by atoms with Crippen molar-refractivity contribution in [2.75, 3.05) is 0 Å². The molecule has 1 unspecified atom stereocenters. The zero-order valence-corrected chi connectivity index (χ0v) is 21.2. The monoisotopic (exact) mass is 524 g/mol. The standard InChI is InChI=1S/C28H27F3N4OS/c1-18-32-25(20-12-6-3-7-13-20)26(37-18)22(16-19-10-4-2-5-11-19)33-24(36)17-35-23-15-9-8-14-21(23)27(34-35)28(29,30)31/h2-7,10-13,22H,8-9,14-17H2,1H3,(H,33,36). The van der Waals surface area contributed by atoms with Crippen LogP contribution in [0.1, 0.15) is 51.3 Å². The van der Waals surface area contributed by atoms with Crippen molar-refractivity contribution in [1.82, 2.24) is 20.1 Å². The Hall–Kier alpha value is -3.46. The van der Waals surface area contributed by atoms with Gasteiger partial charge in [0.2, 0.25) is 5.91 Å². The van der Waals surface area contributed by atoms with Gasteiger partial charge in [-0.2, -0.15) is 18.3 Å². The molecule has 2 aromatic heterocycles. The highest BCUT2D eigenvalue weighted by Crippen LogP contribution is 2.37. The summed E-state index contributed by atoms with van der Waals surface area (Å²) in [6, 6.07) is 19.2. The molecule has 0 saturated heterocycles. The van der Waals surface area contributed by atoms with E-state index in [2.05, 4.69) is 10.4 Å². The summed E-state index contributed by atoms with van der Waals surface area (Å²) in [4.78, 5) is 19.0. The molecule has 5 rings (SSSR count). The van der Waals surface area contributed by atoms with E-state index in [1.54, 1.807) is 0 Å². The third-order valence-corrected chi connectivity index (χ3v) is 7.65. The van der Waals surface area contributed by atoms with Crippen LogP contribution < -0.4 is 5.32 Å². The Morgan fingerprint density at radius 3 is 2.43 bits per heavy atom. The summed E-state index contributed by atoms with van der Waals surface area (Å²) in [5.41, 5.74) is 2.68. The second-order valence-corrected chi connectivity index (χ2v) is 10.5. The van der Waals surface area contributed by atoms with Crippen LogP contribution in [0, 0.1) is 6.92 Å². The zero-order chi connectivity index (χ0) is 26.0. The van der Waals surface area contributed by atoms with Crippen molar-refractivity contribution in [3.05, 3.63) is 93.1 Å². The molecule has 4 aromatic rings. The van der Waals surface area contributed by atoms with E-state index in [1.807, 2.05) is 67.6 Å². The van der Waals surface area contributed by atoms with Crippen LogP contribution in [0.3, 0.4) is 0 Å². The Labute approximate surface area is 217 Å². The zero-order valence-electron chi connectivity index (χ0n) is 20.4. The minimum Gasteiger partial charge on any atom is -0.346 e. The fraction of sp³-hybridized carbons (Fsp3) is 0.321. The fourth-order valence-electron chi connectivity index (χ4n) is 4.95. The van der Waals surface area contributed by atoms with Gasteiger partial charge in [-0.05, 0) is 44.6 Å². The number of thiazole rings is 1. The van der Waals surface area contributed by atoms with Gasteiger partial charge in [-0.25, -0.2) is 4.98 Å². The topological polar surface area (TPSA) is 59.8 Å². The number of rotatable bonds is 7. The largest absolute Gasteiger partial charge is 0.435 e. The molecule has 1 aliphatic rings. The number of halogens is 3. The van der Waals surface area contributed by atoms with E-state index in [9.17, 15) is 18.0 Å². The number of aryl methyl sites for hydroxylation is 1. The van der Waals surface area contributed by atoms with Crippen molar-refractivity contribution in [2.45, 2.75) is 57.8 Å². The number of nitrogens with one attached hydrogen (secondary N) is 1. The Bertz CT molecular complexity index is 1380. The van der Waals surface area contributed by atoms with Gasteiger partial charge < -0.3 is 5.32 Å². The Morgan fingerprint density at radius 1 is 1.05 bits per heavy atom. The maximum Gasteiger partial charge on any atom is 0.435 e. The van der Waals surface area contributed by atoms with Crippen LogP contribution in [-0.4, -0.2) is 20.7 Å². The van der Waals surface area contributed by atoms with Crippen LogP contribution in [0.2, 0.25) is 0 Å². The quantitative estimate of drug-likeness (QED) is 0.308. The summed E-state index contributed by atoms with van der Waals surface area (Å²) < 4.78 is 42.1. The molecule has 0 spiro atoms. The number of carbonyl (C=O) groups excluding carboxylic acids is 1. The fourth-order valence-corrected chi connectivity index (χ4v) is 5.95. The van der Waals surface area contributed by atoms with Crippen LogP contribution in [0.25, 0.3) is 11.3 Å². The van der Waals surface area contributed by atoms with Gasteiger partial charge in [0.05, 0.1) is 21.6 Å². The minimum atomic E-state index is -4.54. The van der Waals surface area contributed by atoms with Crippen LogP contribution >= 0.6 is 11.3 Å². The van der Waals surface area contributed by atoms with Crippen LogP contribution in [0.15, 0.2) is 60.7 Å². The first-order chi connectivity index (χ1) is 17.8. The second kappa shape index (κ2) is 10.5. The van der Waals surface area contributed by atoms with Crippen molar-refractivity contribution < 1.29 is 18.0 Å². The summed E-state index contributed by atoms with van der Waals surface area (Å²) in [7, 11) is 0. The maximum atomic E-state index is 13.6. The first-order valence-corrected chi connectivity index (χ1v) is 13.1. The first kappa shape index (κ1) is 25.2. The number of carbonyl (C=O) groups is 1. The molecule has 5 nitrogen and oxygen atoms in total. The van der Waals surface area contributed by atoms with E-state index in [1.165, 1.54) is 16.0 Å². The lowest BCUT2D eigenvalue weighted by molar-refractivity contribution is -0.142. The molecule has 0 aliphatic heterocycles. The van der Waals surface area contributed by atoms with E-state index in [-0.39, 0.29) is 18.0 Å². The average molecular weight is 525 g/mol. The number of fused-ring (bicyclic) bond motifs is 1. The highest BCUT2D eigenvalue weighted by molar-refractivity contribution is 7.12. The number of hydrogen-bond acceptors (Lipinski definition) is 4. The van der Waals surface area contributed by atoms with Crippen molar-refractivity contribution in [1.29, 1.82) is 0 Å². The normalized spacial score (nSPS) is 14.3. The molecule has 1 atom stereocenters. The van der Waals surface area contributed by atoms with Gasteiger partial charge in [0.25, 0.3) is 0 Å². The maximum absolute atomic E-state index is 13.6. The second-order valence-electron chi connectivity index (χ2n) is 9.26. The van der Waals surface area contributed by atoms with Crippen molar-refractivity contribution in [3.8, 4) is 11.3 Å². The number of amides is 1. The van der Waals surface area contributed by atoms with E-state index >= 15 is 0 Å². The molecule has 0 fully saturated rings. The molecule has 0 radical (unpaired) electrons. The van der Waals surface area contributed by atoms with Crippen LogP contribution in [0.5, 0.6) is 0 Å². The molecule has 1 N–H and O–H groups in total. The Balaban J connectivity index is 1.46. The van der Waals surface area contributed by atoms with Gasteiger partial charge in [0.1, 0.15) is 6.54 Å². The average Bonchev–Trinajstić information content (AvgIpc) is 3.46. The lowest BCUT2D eigenvalue weighted by Crippen LogP contribution is -2.33. The Morgan fingerprint density at radius 2 is 1.73 bits per heavy atom. The molecule has 9 heteroatoms. The Kier molecular flexibility index (Phi) is 7.15. The molecular weight excluding hydrogens is 497 g/mol. The highest BCUT2D eigenvalue weighted by atomic mass is 32.1. The summed E-state index contributed by atoms with van der Waals surface area (Å²) in [5.74, 6) is -0.379. The van der Waals surface area contributed by atoms with Gasteiger partial charge in [-0.1, -0.05) is 60.7 Å². The summed E-state index contributed by atoms with van der Waals surface area (Å²) in [6.45, 7) is 1.67. The SMILES string of the molecule is Cc1nc(-c2ccccc2)c(C(Cc2ccccc2)NC(=O)Cn2nc(C(F)(F)F)c3c2CCCC3)s1. The highest BCUT2D eigenvalue weighted by Gasteiger charge is 2.39. The predicted molar refractivity (Wildman–Crippen MR) is 137 cm³/mol. The number of nitrogens with zero attached hydrogens (tertiary/aromatic N) is 3. The van der Waals surface area contributed by atoms with Gasteiger partial charge in [-0.3, -0.25) is 9.48 Å². The number of alkyl halides is 3. The first-order valence-electron chi connectivity index (χ1n) is 12.3.